The zero-order chi connectivity index (χ0) is 23.7. The highest BCUT2D eigenvalue weighted by Crippen LogP contribution is 2.36. The topological polar surface area (TPSA) is 44.1 Å². The molecule has 34 heavy (non-hydrogen) atoms. The van der Waals surface area contributed by atoms with Crippen LogP contribution in [0.15, 0.2) is 58.5 Å². The molecule has 1 aliphatic carbocycles. The SMILES string of the molecule is O=c1c2c3c(sc2nc(SCc2cc(OC(F)F)ccc2Cl)n1-c1ccccc1)CCCCC3. The van der Waals surface area contributed by atoms with Crippen LogP contribution in [-0.2, 0) is 18.6 Å². The van der Waals surface area contributed by atoms with Gasteiger partial charge in [-0.2, -0.15) is 8.78 Å². The van der Waals surface area contributed by atoms with E-state index in [4.69, 9.17) is 16.6 Å². The zero-order valence-corrected chi connectivity index (χ0v) is 20.5. The molecule has 0 N–H and O–H groups in total. The predicted octanol–water partition coefficient (Wildman–Crippen LogP) is 7.26. The first-order chi connectivity index (χ1) is 16.5. The first-order valence-corrected chi connectivity index (χ1v) is 13.2. The van der Waals surface area contributed by atoms with Gasteiger partial charge in [-0.1, -0.05) is 48.0 Å². The Labute approximate surface area is 208 Å². The van der Waals surface area contributed by atoms with Gasteiger partial charge < -0.3 is 4.74 Å². The standard InChI is InChI=1S/C25H21ClF2N2O2S2/c26-19-12-11-17(32-24(27)28)13-15(19)14-33-25-29-22-21(18-9-5-2-6-10-20(18)34-22)23(31)30(25)16-7-3-1-4-8-16/h1,3-4,7-8,11-13,24H,2,5-6,9-10,14H2. The van der Waals surface area contributed by atoms with Gasteiger partial charge >= 0.3 is 6.61 Å². The number of alkyl halides is 2. The summed E-state index contributed by atoms with van der Waals surface area (Å²) in [6, 6.07) is 13.9. The van der Waals surface area contributed by atoms with Gasteiger partial charge in [0, 0.05) is 15.7 Å². The molecule has 0 fully saturated rings. The van der Waals surface area contributed by atoms with E-state index in [9.17, 15) is 13.6 Å². The van der Waals surface area contributed by atoms with Crippen molar-refractivity contribution in [3.8, 4) is 11.4 Å². The van der Waals surface area contributed by atoms with Crippen LogP contribution in [0, 0.1) is 0 Å². The van der Waals surface area contributed by atoms with Crippen LogP contribution in [0.1, 0.15) is 35.3 Å². The molecular formula is C25H21ClF2N2O2S2. The molecule has 0 aliphatic heterocycles. The molecule has 1 aliphatic rings. The number of para-hydroxylation sites is 1. The van der Waals surface area contributed by atoms with E-state index in [1.54, 1.807) is 15.9 Å². The second-order valence-corrected chi connectivity index (χ2v) is 10.5. The van der Waals surface area contributed by atoms with Crippen molar-refractivity contribution in [2.75, 3.05) is 0 Å². The van der Waals surface area contributed by atoms with Gasteiger partial charge in [0.1, 0.15) is 10.6 Å². The molecule has 0 bridgehead atoms. The van der Waals surface area contributed by atoms with Crippen molar-refractivity contribution in [1.29, 1.82) is 0 Å². The maximum Gasteiger partial charge on any atom is 0.387 e. The maximum atomic E-state index is 13.8. The summed E-state index contributed by atoms with van der Waals surface area (Å²) in [6.07, 6.45) is 5.27. The lowest BCUT2D eigenvalue weighted by Crippen LogP contribution is -2.22. The lowest BCUT2D eigenvalue weighted by atomic mass is 10.1. The highest BCUT2D eigenvalue weighted by molar-refractivity contribution is 7.98. The maximum absolute atomic E-state index is 13.8. The van der Waals surface area contributed by atoms with Crippen molar-refractivity contribution in [2.45, 2.75) is 49.6 Å². The van der Waals surface area contributed by atoms with Crippen LogP contribution >= 0.6 is 34.7 Å². The summed E-state index contributed by atoms with van der Waals surface area (Å²) in [6.45, 7) is -2.91. The number of benzene rings is 2. The molecule has 0 saturated heterocycles. The Balaban J connectivity index is 1.59. The normalized spacial score (nSPS) is 13.8. The largest absolute Gasteiger partial charge is 0.435 e. The molecule has 0 atom stereocenters. The number of thiophene rings is 1. The number of aryl methyl sites for hydroxylation is 2. The second kappa shape index (κ2) is 10.1. The van der Waals surface area contributed by atoms with E-state index < -0.39 is 6.61 Å². The Bertz CT molecular complexity index is 1390. The molecule has 0 radical (unpaired) electrons. The van der Waals surface area contributed by atoms with E-state index in [-0.39, 0.29) is 11.3 Å². The number of nitrogens with zero attached hydrogens (tertiary/aromatic N) is 2. The van der Waals surface area contributed by atoms with Crippen LogP contribution < -0.4 is 10.3 Å². The Morgan fingerprint density at radius 1 is 1.12 bits per heavy atom. The summed E-state index contributed by atoms with van der Waals surface area (Å²) in [5.41, 5.74) is 2.44. The molecule has 0 saturated carbocycles. The number of hydrogen-bond acceptors (Lipinski definition) is 5. The quantitative estimate of drug-likeness (QED) is 0.153. The van der Waals surface area contributed by atoms with Crippen LogP contribution in [0.3, 0.4) is 0 Å². The van der Waals surface area contributed by atoms with Gasteiger partial charge in [0.15, 0.2) is 5.16 Å². The lowest BCUT2D eigenvalue weighted by molar-refractivity contribution is -0.0498. The van der Waals surface area contributed by atoms with Crippen LogP contribution in [0.2, 0.25) is 5.02 Å². The summed E-state index contributed by atoms with van der Waals surface area (Å²) in [4.78, 5) is 20.8. The van der Waals surface area contributed by atoms with Crippen LogP contribution in [0.25, 0.3) is 15.9 Å². The van der Waals surface area contributed by atoms with E-state index in [0.717, 1.165) is 47.2 Å². The molecule has 2 aromatic heterocycles. The second-order valence-electron chi connectivity index (χ2n) is 8.04. The third kappa shape index (κ3) is 4.72. The fourth-order valence-corrected chi connectivity index (χ4v) is 6.81. The van der Waals surface area contributed by atoms with Gasteiger partial charge in [-0.15, -0.1) is 11.3 Å². The molecule has 0 spiro atoms. The van der Waals surface area contributed by atoms with Gasteiger partial charge in [-0.05, 0) is 67.1 Å². The smallest absolute Gasteiger partial charge is 0.387 e. The molecule has 0 amide bonds. The average Bonchev–Trinajstić information content (AvgIpc) is 3.01. The number of fused-ring (bicyclic) bond motifs is 3. The number of ether oxygens (including phenoxy) is 1. The molecule has 9 heteroatoms. The molecule has 4 aromatic rings. The Morgan fingerprint density at radius 2 is 1.91 bits per heavy atom. The third-order valence-corrected chi connectivity index (χ3v) is 8.36. The van der Waals surface area contributed by atoms with Crippen LogP contribution in [0.5, 0.6) is 5.75 Å². The van der Waals surface area contributed by atoms with Gasteiger partial charge in [0.05, 0.1) is 11.1 Å². The minimum Gasteiger partial charge on any atom is -0.435 e. The van der Waals surface area contributed by atoms with E-state index >= 15 is 0 Å². The van der Waals surface area contributed by atoms with Gasteiger partial charge in [-0.3, -0.25) is 9.36 Å². The molecule has 4 nitrogen and oxygen atoms in total. The number of thioether (sulfide) groups is 1. The average molecular weight is 519 g/mol. The van der Waals surface area contributed by atoms with E-state index in [1.165, 1.54) is 41.3 Å². The zero-order valence-electron chi connectivity index (χ0n) is 18.1. The number of halogens is 3. The molecule has 5 rings (SSSR count). The summed E-state index contributed by atoms with van der Waals surface area (Å²) in [7, 11) is 0. The first kappa shape index (κ1) is 23.3. The summed E-state index contributed by atoms with van der Waals surface area (Å²) < 4.78 is 31.5. The Morgan fingerprint density at radius 3 is 2.71 bits per heavy atom. The van der Waals surface area contributed by atoms with Crippen LogP contribution in [0.4, 0.5) is 8.78 Å². The van der Waals surface area contributed by atoms with Crippen molar-refractivity contribution in [3.05, 3.63) is 79.9 Å². The summed E-state index contributed by atoms with van der Waals surface area (Å²) in [5.74, 6) is 0.385. The first-order valence-electron chi connectivity index (χ1n) is 11.0. The molecule has 2 aromatic carbocycles. The summed E-state index contributed by atoms with van der Waals surface area (Å²) >= 11 is 9.28. The fourth-order valence-electron chi connectivity index (χ4n) is 4.24. The molecule has 2 heterocycles. The van der Waals surface area contributed by atoms with Gasteiger partial charge in [0.2, 0.25) is 0 Å². The summed E-state index contributed by atoms with van der Waals surface area (Å²) in [5, 5.41) is 1.70. The molecule has 0 unspecified atom stereocenters. The number of hydrogen-bond donors (Lipinski definition) is 0. The monoisotopic (exact) mass is 518 g/mol. The minimum absolute atomic E-state index is 0.0425. The van der Waals surface area contributed by atoms with Crippen molar-refractivity contribution in [1.82, 2.24) is 9.55 Å². The van der Waals surface area contributed by atoms with Crippen molar-refractivity contribution in [2.24, 2.45) is 0 Å². The van der Waals surface area contributed by atoms with Crippen molar-refractivity contribution in [3.63, 3.8) is 0 Å². The fraction of sp³-hybridized carbons (Fsp3) is 0.280. The van der Waals surface area contributed by atoms with Crippen molar-refractivity contribution >= 4 is 44.9 Å². The van der Waals surface area contributed by atoms with E-state index in [2.05, 4.69) is 4.74 Å². The highest BCUT2D eigenvalue weighted by Gasteiger charge is 2.22. The molecular weight excluding hydrogens is 498 g/mol. The number of rotatable bonds is 6. The highest BCUT2D eigenvalue weighted by atomic mass is 35.5. The Hall–Kier alpha value is -2.42. The third-order valence-electron chi connectivity index (χ3n) is 5.82. The van der Waals surface area contributed by atoms with Crippen LogP contribution in [-0.4, -0.2) is 16.2 Å². The van der Waals surface area contributed by atoms with Gasteiger partial charge in [0.25, 0.3) is 5.56 Å². The Kier molecular flexibility index (Phi) is 6.90. The van der Waals surface area contributed by atoms with Gasteiger partial charge in [-0.25, -0.2) is 4.98 Å². The predicted molar refractivity (Wildman–Crippen MR) is 134 cm³/mol. The minimum atomic E-state index is -2.91. The van der Waals surface area contributed by atoms with E-state index in [1.807, 2.05) is 30.3 Å². The lowest BCUT2D eigenvalue weighted by Gasteiger charge is -2.13. The van der Waals surface area contributed by atoms with Crippen molar-refractivity contribution < 1.29 is 13.5 Å². The van der Waals surface area contributed by atoms with E-state index in [0.29, 0.717) is 21.5 Å². The molecule has 176 valence electrons. The number of aromatic nitrogens is 2.